The van der Waals surface area contributed by atoms with Crippen LogP contribution in [-0.2, 0) is 9.53 Å². The third kappa shape index (κ3) is 3.30. The van der Waals surface area contributed by atoms with Gasteiger partial charge in [-0.15, -0.1) is 0 Å². The van der Waals surface area contributed by atoms with Crippen LogP contribution in [0, 0.1) is 0 Å². The first-order valence-electron chi connectivity index (χ1n) is 6.10. The molecule has 0 saturated carbocycles. The average Bonchev–Trinajstić information content (AvgIpc) is 2.80. The molecule has 7 heteroatoms. The van der Waals surface area contributed by atoms with Crippen LogP contribution in [0.5, 0.6) is 0 Å². The van der Waals surface area contributed by atoms with Gasteiger partial charge < -0.3 is 10.1 Å². The van der Waals surface area contributed by atoms with Gasteiger partial charge in [0.2, 0.25) is 0 Å². The van der Waals surface area contributed by atoms with E-state index in [1.807, 2.05) is 0 Å². The van der Waals surface area contributed by atoms with Crippen molar-refractivity contribution in [2.75, 3.05) is 20.3 Å². The summed E-state index contributed by atoms with van der Waals surface area (Å²) >= 11 is 0. The fourth-order valence-corrected chi connectivity index (χ4v) is 1.87. The van der Waals surface area contributed by atoms with E-state index in [2.05, 4.69) is 15.6 Å². The van der Waals surface area contributed by atoms with Gasteiger partial charge in [-0.1, -0.05) is 18.2 Å². The number of nitrogens with one attached hydrogen (secondary N) is 2. The number of amides is 1. The SMILES string of the molecule is COCCN=C1NC(=O)C(c2cccc(C(F)F)c2)N1. The second kappa shape index (κ2) is 6.42. The Hall–Kier alpha value is -2.02. The largest absolute Gasteiger partial charge is 0.383 e. The number of ether oxygens (including phenoxy) is 1. The molecule has 1 aromatic carbocycles. The zero-order valence-corrected chi connectivity index (χ0v) is 10.9. The van der Waals surface area contributed by atoms with Gasteiger partial charge in [-0.05, 0) is 11.6 Å². The molecule has 2 N–H and O–H groups in total. The number of carbonyl (C=O) groups excluding carboxylic acids is 1. The van der Waals surface area contributed by atoms with Gasteiger partial charge in [-0.3, -0.25) is 15.1 Å². The number of methoxy groups -OCH3 is 1. The minimum absolute atomic E-state index is 0.109. The van der Waals surface area contributed by atoms with Crippen LogP contribution < -0.4 is 10.6 Å². The molecule has 1 saturated heterocycles. The maximum atomic E-state index is 12.7. The first-order valence-corrected chi connectivity index (χ1v) is 6.10. The number of guanidine groups is 1. The number of nitrogens with zero attached hydrogens (tertiary/aromatic N) is 1. The van der Waals surface area contributed by atoms with Crippen molar-refractivity contribution in [3.63, 3.8) is 0 Å². The molecule has 0 aliphatic carbocycles. The average molecular weight is 283 g/mol. The van der Waals surface area contributed by atoms with E-state index in [4.69, 9.17) is 4.74 Å². The number of aliphatic imine (C=N–C) groups is 1. The maximum absolute atomic E-state index is 12.7. The van der Waals surface area contributed by atoms with Gasteiger partial charge >= 0.3 is 0 Å². The van der Waals surface area contributed by atoms with E-state index in [0.29, 0.717) is 24.7 Å². The van der Waals surface area contributed by atoms with Crippen molar-refractivity contribution in [1.29, 1.82) is 0 Å². The van der Waals surface area contributed by atoms with Crippen LogP contribution in [0.4, 0.5) is 8.78 Å². The Balaban J connectivity index is 2.11. The van der Waals surface area contributed by atoms with Crippen molar-refractivity contribution in [3.05, 3.63) is 35.4 Å². The molecule has 0 bridgehead atoms. The number of halogens is 2. The number of carbonyl (C=O) groups is 1. The highest BCUT2D eigenvalue weighted by Crippen LogP contribution is 2.23. The van der Waals surface area contributed by atoms with Crippen LogP contribution >= 0.6 is 0 Å². The maximum Gasteiger partial charge on any atom is 0.263 e. The van der Waals surface area contributed by atoms with Crippen molar-refractivity contribution in [1.82, 2.24) is 10.6 Å². The number of hydrogen-bond donors (Lipinski definition) is 2. The quantitative estimate of drug-likeness (QED) is 0.803. The van der Waals surface area contributed by atoms with Crippen LogP contribution in [0.3, 0.4) is 0 Å². The summed E-state index contributed by atoms with van der Waals surface area (Å²) in [5, 5.41) is 5.44. The highest BCUT2D eigenvalue weighted by atomic mass is 19.3. The molecule has 1 aromatic rings. The Labute approximate surface area is 115 Å². The van der Waals surface area contributed by atoms with Gasteiger partial charge in [0.25, 0.3) is 12.3 Å². The van der Waals surface area contributed by atoms with Gasteiger partial charge in [-0.2, -0.15) is 0 Å². The minimum atomic E-state index is -2.56. The van der Waals surface area contributed by atoms with Crippen LogP contribution in [-0.4, -0.2) is 32.1 Å². The Kier molecular flexibility index (Phi) is 4.62. The van der Waals surface area contributed by atoms with Gasteiger partial charge in [0.15, 0.2) is 5.96 Å². The predicted octanol–water partition coefficient (Wildman–Crippen LogP) is 1.39. The third-order valence-electron chi connectivity index (χ3n) is 2.85. The first-order chi connectivity index (χ1) is 9.61. The lowest BCUT2D eigenvalue weighted by molar-refractivity contribution is -0.120. The summed E-state index contributed by atoms with van der Waals surface area (Å²) in [5.41, 5.74) is 0.374. The summed E-state index contributed by atoms with van der Waals surface area (Å²) in [4.78, 5) is 15.9. The van der Waals surface area contributed by atoms with E-state index in [1.165, 1.54) is 18.2 Å². The molecule has 1 aliphatic rings. The molecule has 0 radical (unpaired) electrons. The highest BCUT2D eigenvalue weighted by molar-refractivity contribution is 6.06. The van der Waals surface area contributed by atoms with Crippen molar-refractivity contribution >= 4 is 11.9 Å². The van der Waals surface area contributed by atoms with Gasteiger partial charge in [0.05, 0.1) is 13.2 Å². The standard InChI is InChI=1S/C13H15F2N3O2/c1-20-6-5-16-13-17-10(12(19)18-13)8-3-2-4-9(7-8)11(14)15/h2-4,7,10-11H,5-6H2,1H3,(H2,16,17,18,19). The fraction of sp³-hybridized carbons (Fsp3) is 0.385. The Morgan fingerprint density at radius 2 is 2.25 bits per heavy atom. The third-order valence-corrected chi connectivity index (χ3v) is 2.85. The van der Waals surface area contributed by atoms with E-state index in [-0.39, 0.29) is 11.5 Å². The van der Waals surface area contributed by atoms with Crippen LogP contribution in [0.15, 0.2) is 29.3 Å². The van der Waals surface area contributed by atoms with Gasteiger partial charge in [-0.25, -0.2) is 8.78 Å². The highest BCUT2D eigenvalue weighted by Gasteiger charge is 2.29. The van der Waals surface area contributed by atoms with E-state index >= 15 is 0 Å². The van der Waals surface area contributed by atoms with Crippen LogP contribution in [0.25, 0.3) is 0 Å². The Morgan fingerprint density at radius 3 is 2.95 bits per heavy atom. The number of benzene rings is 1. The molecular weight excluding hydrogens is 268 g/mol. The molecule has 1 atom stereocenters. The molecule has 1 heterocycles. The summed E-state index contributed by atoms with van der Waals surface area (Å²) in [6, 6.07) is 5.08. The molecule has 108 valence electrons. The second-order valence-electron chi connectivity index (χ2n) is 4.26. The lowest BCUT2D eigenvalue weighted by Gasteiger charge is -2.09. The summed E-state index contributed by atoms with van der Waals surface area (Å²) in [6.07, 6.45) is -2.56. The smallest absolute Gasteiger partial charge is 0.263 e. The minimum Gasteiger partial charge on any atom is -0.383 e. The van der Waals surface area contributed by atoms with Crippen molar-refractivity contribution in [2.45, 2.75) is 12.5 Å². The normalized spacial score (nSPS) is 20.3. The molecule has 1 aliphatic heterocycles. The van der Waals surface area contributed by atoms with Crippen molar-refractivity contribution in [3.8, 4) is 0 Å². The van der Waals surface area contributed by atoms with E-state index < -0.39 is 12.5 Å². The Morgan fingerprint density at radius 1 is 1.45 bits per heavy atom. The summed E-state index contributed by atoms with van der Waals surface area (Å²) < 4.78 is 30.2. The van der Waals surface area contributed by atoms with Crippen LogP contribution in [0.2, 0.25) is 0 Å². The monoisotopic (exact) mass is 283 g/mol. The fourth-order valence-electron chi connectivity index (χ4n) is 1.87. The zero-order chi connectivity index (χ0) is 14.5. The molecule has 5 nitrogen and oxygen atoms in total. The summed E-state index contributed by atoms with van der Waals surface area (Å²) in [5.74, 6) is 0.0204. The van der Waals surface area contributed by atoms with Crippen molar-refractivity contribution in [2.24, 2.45) is 4.99 Å². The summed E-state index contributed by atoms with van der Waals surface area (Å²) in [6.45, 7) is 0.843. The molecule has 0 spiro atoms. The molecule has 1 amide bonds. The molecule has 1 unspecified atom stereocenters. The topological polar surface area (TPSA) is 62.7 Å². The van der Waals surface area contributed by atoms with Gasteiger partial charge in [0, 0.05) is 12.7 Å². The van der Waals surface area contributed by atoms with E-state index in [9.17, 15) is 13.6 Å². The Bertz CT molecular complexity index is 520. The molecular formula is C13H15F2N3O2. The molecule has 0 aromatic heterocycles. The molecule has 20 heavy (non-hydrogen) atoms. The van der Waals surface area contributed by atoms with E-state index in [1.54, 1.807) is 13.2 Å². The van der Waals surface area contributed by atoms with Crippen molar-refractivity contribution < 1.29 is 18.3 Å². The molecule has 1 fully saturated rings. The second-order valence-corrected chi connectivity index (χ2v) is 4.26. The molecule has 2 rings (SSSR count). The predicted molar refractivity (Wildman–Crippen MR) is 69.6 cm³/mol. The number of alkyl halides is 2. The first kappa shape index (κ1) is 14.4. The lowest BCUT2D eigenvalue weighted by Crippen LogP contribution is -2.26. The van der Waals surface area contributed by atoms with Crippen LogP contribution in [0.1, 0.15) is 23.6 Å². The zero-order valence-electron chi connectivity index (χ0n) is 10.9. The number of hydrogen-bond acceptors (Lipinski definition) is 3. The summed E-state index contributed by atoms with van der Waals surface area (Å²) in [7, 11) is 1.56. The van der Waals surface area contributed by atoms with E-state index in [0.717, 1.165) is 0 Å². The van der Waals surface area contributed by atoms with Gasteiger partial charge in [0.1, 0.15) is 6.04 Å². The lowest BCUT2D eigenvalue weighted by atomic mass is 10.0. The number of rotatable bonds is 5.